The fraction of sp³-hybridized carbons (Fsp3) is 0.938. The van der Waals surface area contributed by atoms with Crippen LogP contribution in [0.1, 0.15) is 64.7 Å². The van der Waals surface area contributed by atoms with Crippen LogP contribution < -0.4 is 0 Å². The summed E-state index contributed by atoms with van der Waals surface area (Å²) in [4.78, 5) is 13.4. The predicted octanol–water partition coefficient (Wildman–Crippen LogP) is 4.01. The summed E-state index contributed by atoms with van der Waals surface area (Å²) in [6.45, 7) is 4.40. The molecule has 1 aliphatic heterocycles. The number of piperidine rings is 1. The van der Waals surface area contributed by atoms with E-state index in [1.807, 2.05) is 0 Å². The Balaban J connectivity index is 1.83. The summed E-state index contributed by atoms with van der Waals surface area (Å²) < 4.78 is 29.5. The zero-order valence-corrected chi connectivity index (χ0v) is 13.2. The number of carbonyl (C=O) groups is 1. The second kappa shape index (κ2) is 10.1. The third-order valence-corrected chi connectivity index (χ3v) is 3.91. The molecule has 0 amide bonds. The van der Waals surface area contributed by atoms with Crippen LogP contribution in [0.2, 0.25) is 0 Å². The van der Waals surface area contributed by atoms with Gasteiger partial charge in [0.15, 0.2) is 0 Å². The smallest absolute Gasteiger partial charge is 0.376 e. The first-order chi connectivity index (χ1) is 10.00. The van der Waals surface area contributed by atoms with Crippen molar-refractivity contribution in [2.75, 3.05) is 26.2 Å². The first kappa shape index (κ1) is 18.3. The third kappa shape index (κ3) is 9.02. The van der Waals surface area contributed by atoms with E-state index in [1.165, 1.54) is 58.2 Å². The number of hydrogen-bond donors (Lipinski definition) is 0. The van der Waals surface area contributed by atoms with Crippen LogP contribution in [0.3, 0.4) is 0 Å². The van der Waals surface area contributed by atoms with Crippen LogP contribution in [-0.4, -0.2) is 43.0 Å². The summed E-state index contributed by atoms with van der Waals surface area (Å²) in [5.41, 5.74) is 0. The van der Waals surface area contributed by atoms with Gasteiger partial charge in [-0.15, -0.1) is 0 Å². The van der Waals surface area contributed by atoms with Gasteiger partial charge in [0, 0.05) is 6.92 Å². The molecule has 0 N–H and O–H groups in total. The topological polar surface area (TPSA) is 29.5 Å². The highest BCUT2D eigenvalue weighted by Gasteiger charge is 2.33. The third-order valence-electron chi connectivity index (χ3n) is 3.91. The highest BCUT2D eigenvalue weighted by molar-refractivity contribution is 5.76. The molecule has 0 unspecified atom stereocenters. The minimum absolute atomic E-state index is 0.107. The van der Waals surface area contributed by atoms with Crippen molar-refractivity contribution in [2.45, 2.75) is 70.6 Å². The van der Waals surface area contributed by atoms with Gasteiger partial charge in [0.1, 0.15) is 0 Å². The van der Waals surface area contributed by atoms with E-state index in [0.29, 0.717) is 13.3 Å². The lowest BCUT2D eigenvalue weighted by Crippen LogP contribution is -2.30. The van der Waals surface area contributed by atoms with Crippen LogP contribution in [0.4, 0.5) is 8.78 Å². The molecule has 0 aromatic rings. The van der Waals surface area contributed by atoms with Crippen LogP contribution >= 0.6 is 0 Å². The molecule has 0 aromatic carbocycles. The lowest BCUT2D eigenvalue weighted by molar-refractivity contribution is -0.169. The lowest BCUT2D eigenvalue weighted by atomic mass is 10.1. The monoisotopic (exact) mass is 305 g/mol. The molecule has 0 saturated carbocycles. The molecule has 0 radical (unpaired) electrons. The second-order valence-electron chi connectivity index (χ2n) is 6.05. The summed E-state index contributed by atoms with van der Waals surface area (Å²) in [6, 6.07) is 0. The molecule has 0 atom stereocenters. The van der Waals surface area contributed by atoms with E-state index in [-0.39, 0.29) is 6.61 Å². The van der Waals surface area contributed by atoms with E-state index in [1.54, 1.807) is 0 Å². The molecule has 21 heavy (non-hydrogen) atoms. The molecule has 0 aliphatic carbocycles. The Kier molecular flexibility index (Phi) is 8.81. The van der Waals surface area contributed by atoms with Crippen LogP contribution in [0.5, 0.6) is 0 Å². The molecule has 1 heterocycles. The highest BCUT2D eigenvalue weighted by Crippen LogP contribution is 2.14. The molecule has 3 nitrogen and oxygen atoms in total. The van der Waals surface area contributed by atoms with Crippen molar-refractivity contribution in [1.82, 2.24) is 4.90 Å². The number of carbonyl (C=O) groups excluding carboxylic acids is 1. The predicted molar refractivity (Wildman–Crippen MR) is 79.6 cm³/mol. The normalized spacial score (nSPS) is 16.9. The van der Waals surface area contributed by atoms with Crippen molar-refractivity contribution in [2.24, 2.45) is 0 Å². The van der Waals surface area contributed by atoms with Gasteiger partial charge in [0.05, 0.1) is 6.61 Å². The summed E-state index contributed by atoms with van der Waals surface area (Å²) in [6.07, 6.45) is 10.4. The number of nitrogens with zero attached hydrogens (tertiary/aromatic N) is 1. The largest absolute Gasteiger partial charge is 0.461 e. The summed E-state index contributed by atoms with van der Waals surface area (Å²) in [5.74, 6) is -4.78. The van der Waals surface area contributed by atoms with E-state index in [2.05, 4.69) is 9.64 Å². The van der Waals surface area contributed by atoms with Crippen molar-refractivity contribution in [3.8, 4) is 0 Å². The number of likely N-dealkylation sites (tertiary alicyclic amines) is 1. The summed E-state index contributed by atoms with van der Waals surface area (Å²) in [5, 5.41) is 0. The number of halogens is 2. The molecule has 0 bridgehead atoms. The first-order valence-electron chi connectivity index (χ1n) is 8.27. The lowest BCUT2D eigenvalue weighted by Gasteiger charge is -2.26. The molecule has 1 aliphatic rings. The van der Waals surface area contributed by atoms with Gasteiger partial charge in [0.25, 0.3) is 0 Å². The Hall–Kier alpha value is -0.710. The molecule has 1 rings (SSSR count). The minimum Gasteiger partial charge on any atom is -0.461 e. The Morgan fingerprint density at radius 3 is 2.19 bits per heavy atom. The van der Waals surface area contributed by atoms with E-state index >= 15 is 0 Å². The van der Waals surface area contributed by atoms with E-state index in [4.69, 9.17) is 0 Å². The van der Waals surface area contributed by atoms with Gasteiger partial charge in [-0.25, -0.2) is 4.79 Å². The Bertz CT molecular complexity index is 286. The van der Waals surface area contributed by atoms with Gasteiger partial charge >= 0.3 is 11.9 Å². The van der Waals surface area contributed by atoms with Crippen LogP contribution in [-0.2, 0) is 9.53 Å². The Morgan fingerprint density at radius 1 is 1.00 bits per heavy atom. The Morgan fingerprint density at radius 2 is 1.57 bits per heavy atom. The average Bonchev–Trinajstić information content (AvgIpc) is 2.45. The molecular weight excluding hydrogens is 276 g/mol. The van der Waals surface area contributed by atoms with Crippen molar-refractivity contribution in [3.63, 3.8) is 0 Å². The molecule has 0 aromatic heterocycles. The van der Waals surface area contributed by atoms with Crippen molar-refractivity contribution in [1.29, 1.82) is 0 Å². The standard InChI is InChI=1S/C16H29F2NO2/c1-16(17,18)15(20)21-14-10-5-3-2-4-7-11-19-12-8-6-9-13-19/h2-14H2,1H3. The SMILES string of the molecule is CC(F)(F)C(=O)OCCCCCCCCN1CCCCC1. The molecule has 1 fully saturated rings. The Labute approximate surface area is 127 Å². The van der Waals surface area contributed by atoms with Gasteiger partial charge in [-0.1, -0.05) is 32.1 Å². The summed E-state index contributed by atoms with van der Waals surface area (Å²) >= 11 is 0. The maximum absolute atomic E-state index is 12.5. The molecule has 0 spiro atoms. The first-order valence-corrected chi connectivity index (χ1v) is 8.27. The van der Waals surface area contributed by atoms with Crippen molar-refractivity contribution < 1.29 is 18.3 Å². The molecule has 124 valence electrons. The second-order valence-corrected chi connectivity index (χ2v) is 6.05. The fourth-order valence-corrected chi connectivity index (χ4v) is 2.62. The fourth-order valence-electron chi connectivity index (χ4n) is 2.62. The zero-order chi connectivity index (χ0) is 15.6. The average molecular weight is 305 g/mol. The highest BCUT2D eigenvalue weighted by atomic mass is 19.3. The van der Waals surface area contributed by atoms with E-state index in [9.17, 15) is 13.6 Å². The number of alkyl halides is 2. The number of unbranched alkanes of at least 4 members (excludes halogenated alkanes) is 5. The molecular formula is C16H29F2NO2. The van der Waals surface area contributed by atoms with Crippen LogP contribution in [0, 0.1) is 0 Å². The molecule has 1 saturated heterocycles. The summed E-state index contributed by atoms with van der Waals surface area (Å²) in [7, 11) is 0. The maximum Gasteiger partial charge on any atom is 0.376 e. The van der Waals surface area contributed by atoms with Gasteiger partial charge in [0.2, 0.25) is 0 Å². The number of rotatable bonds is 10. The number of hydrogen-bond acceptors (Lipinski definition) is 3. The van der Waals surface area contributed by atoms with Gasteiger partial charge in [-0.2, -0.15) is 8.78 Å². The van der Waals surface area contributed by atoms with Gasteiger partial charge in [-0.3, -0.25) is 0 Å². The molecule has 5 heteroatoms. The maximum atomic E-state index is 12.5. The van der Waals surface area contributed by atoms with E-state index in [0.717, 1.165) is 12.8 Å². The van der Waals surface area contributed by atoms with Crippen LogP contribution in [0.25, 0.3) is 0 Å². The van der Waals surface area contributed by atoms with Crippen LogP contribution in [0.15, 0.2) is 0 Å². The van der Waals surface area contributed by atoms with Crippen molar-refractivity contribution >= 4 is 5.97 Å². The van der Waals surface area contributed by atoms with Gasteiger partial charge in [-0.05, 0) is 45.3 Å². The van der Waals surface area contributed by atoms with E-state index < -0.39 is 11.9 Å². The number of ether oxygens (including phenoxy) is 1. The van der Waals surface area contributed by atoms with Gasteiger partial charge < -0.3 is 9.64 Å². The van der Waals surface area contributed by atoms with Crippen molar-refractivity contribution in [3.05, 3.63) is 0 Å². The number of esters is 1. The quantitative estimate of drug-likeness (QED) is 0.451. The minimum atomic E-state index is -3.37. The zero-order valence-electron chi connectivity index (χ0n) is 13.2.